The van der Waals surface area contributed by atoms with E-state index < -0.39 is 0 Å². The van der Waals surface area contributed by atoms with E-state index in [4.69, 9.17) is 0 Å². The average molecular weight is 185 g/mol. The third-order valence-corrected chi connectivity index (χ3v) is 2.40. The summed E-state index contributed by atoms with van der Waals surface area (Å²) in [6, 6.07) is 6.68. The van der Waals surface area contributed by atoms with E-state index in [-0.39, 0.29) is 0 Å². The minimum atomic E-state index is 0.930. The minimum Gasteiger partial charge on any atom is -0.387 e. The van der Waals surface area contributed by atoms with Gasteiger partial charge in [-0.3, -0.25) is 0 Å². The van der Waals surface area contributed by atoms with Crippen molar-refractivity contribution < 1.29 is 0 Å². The van der Waals surface area contributed by atoms with Gasteiger partial charge in [-0.25, -0.2) is 0 Å². The van der Waals surface area contributed by atoms with Crippen LogP contribution in [0.4, 0.5) is 0 Å². The van der Waals surface area contributed by atoms with E-state index in [1.807, 2.05) is 6.20 Å². The molecule has 1 aliphatic rings. The van der Waals surface area contributed by atoms with Crippen molar-refractivity contribution in [2.24, 2.45) is 0 Å². The van der Waals surface area contributed by atoms with Gasteiger partial charge in [-0.2, -0.15) is 0 Å². The highest BCUT2D eigenvalue weighted by molar-refractivity contribution is 5.70. The van der Waals surface area contributed by atoms with Crippen molar-refractivity contribution in [2.75, 3.05) is 6.54 Å². The lowest BCUT2D eigenvalue weighted by atomic mass is 9.99. The molecule has 1 aromatic carbocycles. The molecule has 0 unspecified atom stereocenters. The first-order valence-corrected chi connectivity index (χ1v) is 4.93. The number of benzene rings is 1. The van der Waals surface area contributed by atoms with E-state index in [2.05, 4.69) is 49.5 Å². The van der Waals surface area contributed by atoms with Crippen LogP contribution in [0.25, 0.3) is 5.57 Å². The largest absolute Gasteiger partial charge is 0.387 e. The molecule has 0 amide bonds. The Kier molecular flexibility index (Phi) is 2.40. The molecule has 0 aromatic heterocycles. The van der Waals surface area contributed by atoms with Gasteiger partial charge in [0.2, 0.25) is 0 Å². The summed E-state index contributed by atoms with van der Waals surface area (Å²) < 4.78 is 0. The Hall–Kier alpha value is -1.50. The van der Waals surface area contributed by atoms with Crippen molar-refractivity contribution in [3.05, 3.63) is 53.2 Å². The summed E-state index contributed by atoms with van der Waals surface area (Å²) in [5.74, 6) is 0. The van der Waals surface area contributed by atoms with Crippen molar-refractivity contribution in [1.82, 2.24) is 5.32 Å². The Labute approximate surface area is 85.2 Å². The number of dihydropyridines is 1. The van der Waals surface area contributed by atoms with Gasteiger partial charge in [0.15, 0.2) is 0 Å². The zero-order chi connectivity index (χ0) is 9.97. The lowest BCUT2D eigenvalue weighted by Gasteiger charge is -2.12. The first-order valence-electron chi connectivity index (χ1n) is 4.93. The fourth-order valence-corrected chi connectivity index (χ4v) is 1.82. The van der Waals surface area contributed by atoms with Crippen molar-refractivity contribution in [3.8, 4) is 0 Å². The molecule has 1 aliphatic heterocycles. The van der Waals surface area contributed by atoms with Gasteiger partial charge in [-0.05, 0) is 37.3 Å². The maximum atomic E-state index is 3.22. The van der Waals surface area contributed by atoms with Gasteiger partial charge in [-0.15, -0.1) is 0 Å². The molecule has 0 saturated heterocycles. The summed E-state index contributed by atoms with van der Waals surface area (Å²) in [7, 11) is 0. The normalized spacial score (nSPS) is 14.9. The van der Waals surface area contributed by atoms with Gasteiger partial charge < -0.3 is 5.32 Å². The van der Waals surface area contributed by atoms with Crippen LogP contribution in [0.1, 0.15) is 16.7 Å². The molecule has 0 radical (unpaired) electrons. The molecule has 2 rings (SSSR count). The highest BCUT2D eigenvalue weighted by Gasteiger charge is 2.03. The molecular formula is C13H15N. The van der Waals surface area contributed by atoms with Gasteiger partial charge in [0, 0.05) is 6.54 Å². The molecule has 1 aromatic rings. The number of hydrogen-bond donors (Lipinski definition) is 1. The second-order valence-corrected chi connectivity index (χ2v) is 3.81. The Bertz CT molecular complexity index is 379. The molecule has 0 aliphatic carbocycles. The minimum absolute atomic E-state index is 0.930. The summed E-state index contributed by atoms with van der Waals surface area (Å²) in [6.07, 6.45) is 6.20. The fraction of sp³-hybridized carbons (Fsp3) is 0.231. The molecule has 0 bridgehead atoms. The van der Waals surface area contributed by atoms with Crippen LogP contribution in [-0.4, -0.2) is 6.54 Å². The number of aryl methyl sites for hydroxylation is 2. The zero-order valence-electron chi connectivity index (χ0n) is 8.67. The van der Waals surface area contributed by atoms with Crippen molar-refractivity contribution in [1.29, 1.82) is 0 Å². The van der Waals surface area contributed by atoms with Crippen molar-refractivity contribution in [3.63, 3.8) is 0 Å². The summed E-state index contributed by atoms with van der Waals surface area (Å²) >= 11 is 0. The lowest BCUT2D eigenvalue weighted by Crippen LogP contribution is -2.11. The molecule has 72 valence electrons. The number of allylic oxidation sites excluding steroid dienone is 2. The molecular weight excluding hydrogens is 170 g/mol. The molecule has 0 atom stereocenters. The fourth-order valence-electron chi connectivity index (χ4n) is 1.82. The smallest absolute Gasteiger partial charge is 0.0401 e. The van der Waals surface area contributed by atoms with E-state index in [0.29, 0.717) is 0 Å². The van der Waals surface area contributed by atoms with Crippen LogP contribution >= 0.6 is 0 Å². The number of hydrogen-bond acceptors (Lipinski definition) is 1. The Balaban J connectivity index is 2.40. The average Bonchev–Trinajstić information content (AvgIpc) is 2.18. The molecule has 0 fully saturated rings. The predicted molar refractivity (Wildman–Crippen MR) is 61.0 cm³/mol. The Morgan fingerprint density at radius 2 is 1.79 bits per heavy atom. The third kappa shape index (κ3) is 1.87. The van der Waals surface area contributed by atoms with Crippen LogP contribution in [0.3, 0.4) is 0 Å². The lowest BCUT2D eigenvalue weighted by molar-refractivity contribution is 0.985. The van der Waals surface area contributed by atoms with Gasteiger partial charge in [-0.1, -0.05) is 35.4 Å². The molecule has 0 saturated carbocycles. The maximum Gasteiger partial charge on any atom is 0.0401 e. The van der Waals surface area contributed by atoms with E-state index in [1.165, 1.54) is 22.3 Å². The first-order chi connectivity index (χ1) is 6.75. The van der Waals surface area contributed by atoms with E-state index >= 15 is 0 Å². The van der Waals surface area contributed by atoms with Crippen LogP contribution in [0.5, 0.6) is 0 Å². The molecule has 14 heavy (non-hydrogen) atoms. The van der Waals surface area contributed by atoms with Crippen LogP contribution < -0.4 is 5.32 Å². The summed E-state index contributed by atoms with van der Waals surface area (Å²) in [4.78, 5) is 0. The van der Waals surface area contributed by atoms with Crippen LogP contribution in [0.2, 0.25) is 0 Å². The third-order valence-electron chi connectivity index (χ3n) is 2.40. The van der Waals surface area contributed by atoms with Gasteiger partial charge in [0.1, 0.15) is 0 Å². The van der Waals surface area contributed by atoms with Crippen LogP contribution in [0.15, 0.2) is 36.6 Å². The summed E-state index contributed by atoms with van der Waals surface area (Å²) in [5.41, 5.74) is 5.35. The van der Waals surface area contributed by atoms with Crippen LogP contribution in [-0.2, 0) is 0 Å². The highest BCUT2D eigenvalue weighted by Crippen LogP contribution is 2.18. The first kappa shape index (κ1) is 9.07. The quantitative estimate of drug-likeness (QED) is 0.709. The summed E-state index contributed by atoms with van der Waals surface area (Å²) in [5, 5.41) is 3.22. The van der Waals surface area contributed by atoms with Gasteiger partial charge >= 0.3 is 0 Å². The van der Waals surface area contributed by atoms with E-state index in [1.54, 1.807) is 0 Å². The topological polar surface area (TPSA) is 12.0 Å². The molecule has 1 N–H and O–H groups in total. The molecule has 0 spiro atoms. The van der Waals surface area contributed by atoms with E-state index in [9.17, 15) is 0 Å². The maximum absolute atomic E-state index is 3.22. The standard InChI is InChI=1S/C13H15N/c1-10-6-11(2)8-13(7-10)12-4-3-5-14-9-12/h3-8,14H,9H2,1-2H3. The second-order valence-electron chi connectivity index (χ2n) is 3.81. The number of rotatable bonds is 1. The molecule has 1 heteroatoms. The highest BCUT2D eigenvalue weighted by atomic mass is 14.8. The van der Waals surface area contributed by atoms with Crippen LogP contribution in [0, 0.1) is 13.8 Å². The molecule has 1 heterocycles. The van der Waals surface area contributed by atoms with E-state index in [0.717, 1.165) is 6.54 Å². The predicted octanol–water partition coefficient (Wildman–Crippen LogP) is 2.80. The van der Waals surface area contributed by atoms with Crippen molar-refractivity contribution in [2.45, 2.75) is 13.8 Å². The van der Waals surface area contributed by atoms with Gasteiger partial charge in [0.25, 0.3) is 0 Å². The number of nitrogens with one attached hydrogen (secondary N) is 1. The van der Waals surface area contributed by atoms with Gasteiger partial charge in [0.05, 0.1) is 0 Å². The summed E-state index contributed by atoms with van der Waals surface area (Å²) in [6.45, 7) is 5.21. The Morgan fingerprint density at radius 3 is 2.36 bits per heavy atom. The van der Waals surface area contributed by atoms with Crippen molar-refractivity contribution >= 4 is 5.57 Å². The molecule has 1 nitrogen and oxygen atoms in total. The zero-order valence-corrected chi connectivity index (χ0v) is 8.67. The monoisotopic (exact) mass is 185 g/mol. The second kappa shape index (κ2) is 3.70. The Morgan fingerprint density at radius 1 is 1.07 bits per heavy atom. The SMILES string of the molecule is Cc1cc(C)cc(C2=CC=CNC2)c1.